The van der Waals surface area contributed by atoms with E-state index in [1.807, 2.05) is 13.8 Å². The Bertz CT molecular complexity index is 433. The quantitative estimate of drug-likeness (QED) is 0.747. The van der Waals surface area contributed by atoms with Gasteiger partial charge in [-0.3, -0.25) is 0 Å². The Morgan fingerprint density at radius 2 is 1.82 bits per heavy atom. The number of carbonyl (C=O) groups excluding carboxylic acids is 1. The molecule has 0 unspecified atom stereocenters. The molecule has 0 spiro atoms. The first-order valence-electron chi connectivity index (χ1n) is 5.57. The number of carbonyl (C=O) groups is 1. The molecule has 1 amide bonds. The second-order valence-corrected chi connectivity index (χ2v) is 12.6. The molecule has 0 saturated heterocycles. The van der Waals surface area contributed by atoms with Gasteiger partial charge in [0.1, 0.15) is 0 Å². The molecule has 1 rings (SSSR count). The van der Waals surface area contributed by atoms with Crippen molar-refractivity contribution in [1.82, 2.24) is 14.9 Å². The van der Waals surface area contributed by atoms with Crippen LogP contribution in [0.3, 0.4) is 0 Å². The molecule has 1 aromatic rings. The standard InChI is InChI=1S/C9H12N3O2.2CH3.Sn.H/c1-6-7(2)10-5-11-8(6)14-9(13)12(3)4;;;;/h1-4H3;2*1H3;;. The Kier molecular flexibility index (Phi) is 4.73. The minimum atomic E-state index is -1.77. The Balaban J connectivity index is 3.10. The van der Waals surface area contributed by atoms with Gasteiger partial charge in [0, 0.05) is 0 Å². The van der Waals surface area contributed by atoms with Crippen LogP contribution >= 0.6 is 0 Å². The van der Waals surface area contributed by atoms with Crippen molar-refractivity contribution >= 4 is 29.7 Å². The summed E-state index contributed by atoms with van der Waals surface area (Å²) in [6.07, 6.45) is -0.406. The van der Waals surface area contributed by atoms with Crippen LogP contribution in [0.4, 0.5) is 4.79 Å². The van der Waals surface area contributed by atoms with Crippen LogP contribution in [0.25, 0.3) is 0 Å². The molecular formula is C11H19N3O2Sn. The van der Waals surface area contributed by atoms with E-state index in [0.29, 0.717) is 5.88 Å². The molecule has 0 atom stereocenters. The van der Waals surface area contributed by atoms with Crippen molar-refractivity contribution in [1.29, 1.82) is 0 Å². The molecule has 0 radical (unpaired) electrons. The fourth-order valence-corrected chi connectivity index (χ4v) is 3.52. The first-order chi connectivity index (χ1) is 7.82. The number of ether oxygens (including phenoxy) is 1. The van der Waals surface area contributed by atoms with E-state index in [1.54, 1.807) is 14.1 Å². The van der Waals surface area contributed by atoms with Crippen LogP contribution in [0.5, 0.6) is 5.88 Å². The van der Waals surface area contributed by atoms with Gasteiger partial charge in [0.15, 0.2) is 0 Å². The van der Waals surface area contributed by atoms with Crippen LogP contribution in [0.15, 0.2) is 0 Å². The molecule has 1 aromatic heterocycles. The zero-order chi connectivity index (χ0) is 13.2. The third kappa shape index (κ3) is 3.55. The van der Waals surface area contributed by atoms with E-state index in [0.717, 1.165) is 15.1 Å². The summed E-state index contributed by atoms with van der Waals surface area (Å²) in [5.41, 5.74) is 1.72. The van der Waals surface area contributed by atoms with Crippen molar-refractivity contribution in [2.45, 2.75) is 23.7 Å². The van der Waals surface area contributed by atoms with Gasteiger partial charge in [0.05, 0.1) is 0 Å². The molecule has 0 aliphatic heterocycles. The Morgan fingerprint density at radius 3 is 2.29 bits per heavy atom. The molecule has 0 bridgehead atoms. The molecule has 0 saturated carbocycles. The van der Waals surface area contributed by atoms with E-state index in [4.69, 9.17) is 4.74 Å². The number of hydrogen-bond donors (Lipinski definition) is 0. The molecule has 5 nitrogen and oxygen atoms in total. The zero-order valence-corrected chi connectivity index (χ0v) is 14.5. The SMILES string of the molecule is Cc1n[c]([SnH]([CH3])[CH3])nc(OC(=O)N(C)C)c1C. The average molecular weight is 344 g/mol. The molecule has 0 aliphatic rings. The van der Waals surface area contributed by atoms with Crippen LogP contribution in [-0.2, 0) is 0 Å². The van der Waals surface area contributed by atoms with Gasteiger partial charge in [-0.05, 0) is 0 Å². The van der Waals surface area contributed by atoms with Gasteiger partial charge in [-0.2, -0.15) is 0 Å². The topological polar surface area (TPSA) is 55.3 Å². The maximum absolute atomic E-state index is 11.5. The summed E-state index contributed by atoms with van der Waals surface area (Å²) in [6.45, 7) is 3.79. The third-order valence-corrected chi connectivity index (χ3v) is 6.11. The Morgan fingerprint density at radius 1 is 1.24 bits per heavy atom. The number of aryl methyl sites for hydroxylation is 1. The van der Waals surface area contributed by atoms with Crippen molar-refractivity contribution < 1.29 is 9.53 Å². The van der Waals surface area contributed by atoms with Gasteiger partial charge in [0.2, 0.25) is 0 Å². The van der Waals surface area contributed by atoms with Gasteiger partial charge >= 0.3 is 109 Å². The summed E-state index contributed by atoms with van der Waals surface area (Å²) < 4.78 is 6.15. The van der Waals surface area contributed by atoms with Crippen LogP contribution in [0.1, 0.15) is 11.3 Å². The van der Waals surface area contributed by atoms with Crippen molar-refractivity contribution in [3.8, 4) is 5.88 Å². The fraction of sp³-hybridized carbons (Fsp3) is 0.545. The van der Waals surface area contributed by atoms with E-state index < -0.39 is 25.9 Å². The fourth-order valence-electron chi connectivity index (χ4n) is 1.15. The molecule has 0 fully saturated rings. The van der Waals surface area contributed by atoms with E-state index in [9.17, 15) is 4.79 Å². The minimum absolute atomic E-state index is 0.400. The van der Waals surface area contributed by atoms with Gasteiger partial charge in [-0.25, -0.2) is 0 Å². The molecular weight excluding hydrogens is 325 g/mol. The summed E-state index contributed by atoms with van der Waals surface area (Å²) in [7, 11) is 3.29. The molecule has 0 aromatic carbocycles. The predicted octanol–water partition coefficient (Wildman–Crippen LogP) is 0.848. The van der Waals surface area contributed by atoms with Crippen LogP contribution in [-0.4, -0.2) is 54.8 Å². The zero-order valence-electron chi connectivity index (χ0n) is 11.2. The Labute approximate surface area is 109 Å². The molecule has 94 valence electrons. The predicted molar refractivity (Wildman–Crippen MR) is 69.7 cm³/mol. The van der Waals surface area contributed by atoms with Gasteiger partial charge in [-0.1, -0.05) is 0 Å². The number of nitrogens with zero attached hydrogens (tertiary/aromatic N) is 3. The number of aromatic nitrogens is 2. The van der Waals surface area contributed by atoms with Crippen molar-refractivity contribution in [2.75, 3.05) is 14.1 Å². The van der Waals surface area contributed by atoms with Crippen LogP contribution in [0, 0.1) is 13.8 Å². The normalized spacial score (nSPS) is 10.5. The summed E-state index contributed by atoms with van der Waals surface area (Å²) >= 11 is -1.77. The second-order valence-electron chi connectivity index (χ2n) is 4.51. The van der Waals surface area contributed by atoms with Gasteiger partial charge in [0.25, 0.3) is 0 Å². The second kappa shape index (κ2) is 5.66. The number of amides is 1. The van der Waals surface area contributed by atoms with Crippen molar-refractivity contribution in [3.63, 3.8) is 0 Å². The molecule has 17 heavy (non-hydrogen) atoms. The Hall–Kier alpha value is -0.851. The molecule has 1 heterocycles. The van der Waals surface area contributed by atoms with Crippen molar-refractivity contribution in [2.24, 2.45) is 0 Å². The molecule has 0 aliphatic carbocycles. The molecule has 0 N–H and O–H groups in total. The van der Waals surface area contributed by atoms with Crippen molar-refractivity contribution in [3.05, 3.63) is 11.3 Å². The summed E-state index contributed by atoms with van der Waals surface area (Å²) in [6, 6.07) is 0. The monoisotopic (exact) mass is 345 g/mol. The number of rotatable bonds is 2. The first kappa shape index (κ1) is 14.2. The molecule has 6 heteroatoms. The average Bonchev–Trinajstić information content (AvgIpc) is 2.23. The first-order valence-corrected chi connectivity index (χ1v) is 13.8. The summed E-state index contributed by atoms with van der Waals surface area (Å²) in [5.74, 6) is 0.400. The van der Waals surface area contributed by atoms with E-state index >= 15 is 0 Å². The third-order valence-electron chi connectivity index (χ3n) is 2.43. The van der Waals surface area contributed by atoms with Gasteiger partial charge < -0.3 is 0 Å². The van der Waals surface area contributed by atoms with E-state index in [-0.39, 0.29) is 0 Å². The van der Waals surface area contributed by atoms with E-state index in [2.05, 4.69) is 19.8 Å². The van der Waals surface area contributed by atoms with E-state index in [1.165, 1.54) is 4.90 Å². The van der Waals surface area contributed by atoms with Gasteiger partial charge in [-0.15, -0.1) is 0 Å². The van der Waals surface area contributed by atoms with Crippen LogP contribution < -0.4 is 8.58 Å². The maximum atomic E-state index is 11.5. The summed E-state index contributed by atoms with van der Waals surface area (Å²) in [4.78, 5) is 26.2. The van der Waals surface area contributed by atoms with Crippen LogP contribution in [0.2, 0.25) is 9.88 Å². The number of hydrogen-bond acceptors (Lipinski definition) is 4. The summed E-state index contributed by atoms with van der Waals surface area (Å²) in [5, 5.41) is 0.